The quantitative estimate of drug-likeness (QED) is 0.725. The van der Waals surface area contributed by atoms with E-state index in [0.717, 1.165) is 17.5 Å². The van der Waals surface area contributed by atoms with Crippen molar-refractivity contribution in [1.29, 1.82) is 0 Å². The van der Waals surface area contributed by atoms with Crippen LogP contribution in [0.2, 0.25) is 10.0 Å². The fraction of sp³-hybridized carbons (Fsp3) is 0.364. The molecule has 0 spiro atoms. The molecule has 1 aliphatic rings. The molecular weight excluding hydrogens is 395 g/mol. The molecule has 0 bridgehead atoms. The van der Waals surface area contributed by atoms with Crippen molar-refractivity contribution in [3.05, 3.63) is 69.7 Å². The van der Waals surface area contributed by atoms with Crippen LogP contribution in [0.3, 0.4) is 0 Å². The summed E-state index contributed by atoms with van der Waals surface area (Å²) >= 11 is 12.1. The smallest absolute Gasteiger partial charge is 0.245 e. The Labute approximate surface area is 175 Å². The van der Waals surface area contributed by atoms with Gasteiger partial charge in [-0.05, 0) is 62.1 Å². The molecule has 2 aromatic rings. The first-order chi connectivity index (χ1) is 13.3. The number of rotatable bonds is 6. The van der Waals surface area contributed by atoms with Gasteiger partial charge in [0.05, 0.1) is 0 Å². The number of amides is 2. The van der Waals surface area contributed by atoms with Crippen LogP contribution in [0.15, 0.2) is 48.5 Å². The lowest BCUT2D eigenvalue weighted by Gasteiger charge is -2.30. The van der Waals surface area contributed by atoms with Gasteiger partial charge in [0, 0.05) is 28.4 Å². The Morgan fingerprint density at radius 1 is 1.11 bits per heavy atom. The molecule has 0 aromatic heterocycles. The highest BCUT2D eigenvalue weighted by molar-refractivity contribution is 6.30. The Bertz CT molecular complexity index is 852. The highest BCUT2D eigenvalue weighted by Crippen LogP contribution is 2.28. The molecule has 3 atom stereocenters. The van der Waals surface area contributed by atoms with E-state index in [1.54, 1.807) is 6.92 Å². The Kier molecular flexibility index (Phi) is 6.31. The van der Waals surface area contributed by atoms with Gasteiger partial charge in [-0.25, -0.2) is 0 Å². The molecule has 2 aromatic carbocycles. The second kappa shape index (κ2) is 8.54. The molecule has 1 aliphatic heterocycles. The van der Waals surface area contributed by atoms with Gasteiger partial charge in [0.1, 0.15) is 5.54 Å². The molecule has 1 fully saturated rings. The van der Waals surface area contributed by atoms with Crippen LogP contribution in [-0.2, 0) is 16.0 Å². The molecular formula is C22H24Cl2N2O2. The number of hydrogen-bond acceptors (Lipinski definition) is 2. The van der Waals surface area contributed by atoms with Gasteiger partial charge >= 0.3 is 0 Å². The van der Waals surface area contributed by atoms with E-state index in [9.17, 15) is 9.59 Å². The lowest BCUT2D eigenvalue weighted by atomic mass is 9.86. The monoisotopic (exact) mass is 418 g/mol. The van der Waals surface area contributed by atoms with E-state index in [0.29, 0.717) is 22.9 Å². The van der Waals surface area contributed by atoms with Gasteiger partial charge in [0.2, 0.25) is 11.8 Å². The van der Waals surface area contributed by atoms with Crippen LogP contribution in [0.4, 0.5) is 0 Å². The SMILES string of the molecule is CC(NC(=O)C1(C)CCC(=O)N1)C(Cc1ccc(Cl)cc1)c1ccc(Cl)cc1. The fourth-order valence-corrected chi connectivity index (χ4v) is 3.85. The van der Waals surface area contributed by atoms with Crippen molar-refractivity contribution in [2.24, 2.45) is 0 Å². The Morgan fingerprint density at radius 2 is 1.68 bits per heavy atom. The topological polar surface area (TPSA) is 58.2 Å². The van der Waals surface area contributed by atoms with E-state index in [4.69, 9.17) is 23.2 Å². The highest BCUT2D eigenvalue weighted by Gasteiger charge is 2.40. The minimum atomic E-state index is -0.851. The fourth-order valence-electron chi connectivity index (χ4n) is 3.60. The van der Waals surface area contributed by atoms with Gasteiger partial charge in [0.15, 0.2) is 0 Å². The molecule has 0 aliphatic carbocycles. The molecule has 3 unspecified atom stereocenters. The number of nitrogens with one attached hydrogen (secondary N) is 2. The third-order valence-corrected chi connectivity index (χ3v) is 5.90. The molecule has 3 rings (SSSR count). The molecule has 2 amide bonds. The van der Waals surface area contributed by atoms with E-state index in [1.165, 1.54) is 0 Å². The molecule has 4 nitrogen and oxygen atoms in total. The summed E-state index contributed by atoms with van der Waals surface area (Å²) in [5.74, 6) is -0.190. The molecule has 0 radical (unpaired) electrons. The summed E-state index contributed by atoms with van der Waals surface area (Å²) in [7, 11) is 0. The van der Waals surface area contributed by atoms with Crippen molar-refractivity contribution in [2.75, 3.05) is 0 Å². The Morgan fingerprint density at radius 3 is 2.21 bits per heavy atom. The van der Waals surface area contributed by atoms with Crippen LogP contribution in [0.5, 0.6) is 0 Å². The average Bonchev–Trinajstić information content (AvgIpc) is 3.02. The summed E-state index contributed by atoms with van der Waals surface area (Å²) in [6.45, 7) is 3.77. The third-order valence-electron chi connectivity index (χ3n) is 5.40. The van der Waals surface area contributed by atoms with Gasteiger partial charge in [-0.15, -0.1) is 0 Å². The van der Waals surface area contributed by atoms with E-state index in [1.807, 2.05) is 55.5 Å². The zero-order valence-corrected chi connectivity index (χ0v) is 17.5. The maximum absolute atomic E-state index is 12.8. The molecule has 6 heteroatoms. The first-order valence-electron chi connectivity index (χ1n) is 9.39. The number of carbonyl (C=O) groups excluding carboxylic acids is 2. The lowest BCUT2D eigenvalue weighted by Crippen LogP contribution is -2.55. The van der Waals surface area contributed by atoms with Crippen molar-refractivity contribution >= 4 is 35.0 Å². The molecule has 0 saturated carbocycles. The average molecular weight is 419 g/mol. The molecule has 28 heavy (non-hydrogen) atoms. The number of benzene rings is 2. The number of hydrogen-bond donors (Lipinski definition) is 2. The van der Waals surface area contributed by atoms with Crippen molar-refractivity contribution in [1.82, 2.24) is 10.6 Å². The Hall–Kier alpha value is -2.04. The Balaban J connectivity index is 1.80. The van der Waals surface area contributed by atoms with Crippen LogP contribution in [0, 0.1) is 0 Å². The minimum Gasteiger partial charge on any atom is -0.351 e. The standard InChI is InChI=1S/C22H24Cl2N2O2/c1-14(25-21(28)22(2)12-11-20(27)26-22)19(16-5-9-18(24)10-6-16)13-15-3-7-17(23)8-4-15/h3-10,14,19H,11-13H2,1-2H3,(H,25,28)(H,26,27). The summed E-state index contributed by atoms with van der Waals surface area (Å²) in [4.78, 5) is 24.4. The van der Waals surface area contributed by atoms with Gasteiger partial charge in [0.25, 0.3) is 0 Å². The third kappa shape index (κ3) is 4.86. The van der Waals surface area contributed by atoms with Crippen molar-refractivity contribution in [3.8, 4) is 0 Å². The lowest BCUT2D eigenvalue weighted by molar-refractivity contribution is -0.129. The van der Waals surface area contributed by atoms with E-state index < -0.39 is 5.54 Å². The van der Waals surface area contributed by atoms with E-state index >= 15 is 0 Å². The predicted molar refractivity (Wildman–Crippen MR) is 113 cm³/mol. The first-order valence-corrected chi connectivity index (χ1v) is 10.1. The largest absolute Gasteiger partial charge is 0.351 e. The summed E-state index contributed by atoms with van der Waals surface area (Å²) in [6, 6.07) is 15.3. The second-order valence-corrected chi connectivity index (χ2v) is 8.50. The van der Waals surface area contributed by atoms with Crippen molar-refractivity contribution in [2.45, 2.75) is 50.6 Å². The maximum atomic E-state index is 12.8. The minimum absolute atomic E-state index is 0.0445. The van der Waals surface area contributed by atoms with Gasteiger partial charge in [-0.3, -0.25) is 9.59 Å². The summed E-state index contributed by atoms with van der Waals surface area (Å²) in [5.41, 5.74) is 1.37. The summed E-state index contributed by atoms with van der Waals surface area (Å²) in [6.07, 6.45) is 1.63. The predicted octanol–water partition coefficient (Wildman–Crippen LogP) is 4.49. The summed E-state index contributed by atoms with van der Waals surface area (Å²) < 4.78 is 0. The molecule has 1 saturated heterocycles. The van der Waals surface area contributed by atoms with Gasteiger partial charge < -0.3 is 10.6 Å². The zero-order valence-electron chi connectivity index (χ0n) is 16.0. The van der Waals surface area contributed by atoms with Crippen molar-refractivity contribution < 1.29 is 9.59 Å². The number of halogens is 2. The first kappa shape index (κ1) is 20.7. The second-order valence-electron chi connectivity index (χ2n) is 7.63. The zero-order chi connectivity index (χ0) is 20.3. The van der Waals surface area contributed by atoms with Gasteiger partial charge in [-0.1, -0.05) is 47.5 Å². The van der Waals surface area contributed by atoms with Crippen LogP contribution >= 0.6 is 23.2 Å². The van der Waals surface area contributed by atoms with Crippen LogP contribution < -0.4 is 10.6 Å². The molecule has 148 valence electrons. The normalized spacial score (nSPS) is 21.1. The van der Waals surface area contributed by atoms with Crippen LogP contribution in [0.1, 0.15) is 43.7 Å². The summed E-state index contributed by atoms with van der Waals surface area (Å²) in [5, 5.41) is 7.28. The van der Waals surface area contributed by atoms with Crippen LogP contribution in [0.25, 0.3) is 0 Å². The van der Waals surface area contributed by atoms with Crippen LogP contribution in [-0.4, -0.2) is 23.4 Å². The van der Waals surface area contributed by atoms with E-state index in [-0.39, 0.29) is 23.8 Å². The highest BCUT2D eigenvalue weighted by atomic mass is 35.5. The molecule has 1 heterocycles. The molecule has 2 N–H and O–H groups in total. The van der Waals surface area contributed by atoms with Gasteiger partial charge in [-0.2, -0.15) is 0 Å². The maximum Gasteiger partial charge on any atom is 0.245 e. The number of carbonyl (C=O) groups is 2. The van der Waals surface area contributed by atoms with E-state index in [2.05, 4.69) is 10.6 Å². The van der Waals surface area contributed by atoms with Crippen molar-refractivity contribution in [3.63, 3.8) is 0 Å².